The molecule has 0 amide bonds. The summed E-state index contributed by atoms with van der Waals surface area (Å²) >= 11 is 1.73. The standard InChI is InChI=1S/C18H29N7S/c1-12-21-16-13(7-6-10-25(16)24-12)22-17(19-5)20-9-8-15-23-14(11-26-15)18(2,3)4/h11,13H,6-10H2,1-5H3,(H2,19,20,22). The van der Waals surface area contributed by atoms with E-state index in [0.29, 0.717) is 0 Å². The Morgan fingerprint density at radius 3 is 2.88 bits per heavy atom. The summed E-state index contributed by atoms with van der Waals surface area (Å²) in [7, 11) is 1.80. The first kappa shape index (κ1) is 18.8. The van der Waals surface area contributed by atoms with Crippen LogP contribution in [0.25, 0.3) is 0 Å². The Morgan fingerprint density at radius 2 is 2.19 bits per heavy atom. The van der Waals surface area contributed by atoms with Crippen molar-refractivity contribution >= 4 is 17.3 Å². The van der Waals surface area contributed by atoms with Gasteiger partial charge in [-0.2, -0.15) is 5.10 Å². The molecular weight excluding hydrogens is 346 g/mol. The molecule has 0 saturated carbocycles. The topological polar surface area (TPSA) is 80.0 Å². The maximum absolute atomic E-state index is 4.75. The highest BCUT2D eigenvalue weighted by Gasteiger charge is 2.24. The van der Waals surface area contributed by atoms with Gasteiger partial charge in [-0.1, -0.05) is 20.8 Å². The van der Waals surface area contributed by atoms with Crippen LogP contribution in [0.4, 0.5) is 0 Å². The van der Waals surface area contributed by atoms with Gasteiger partial charge in [0.25, 0.3) is 0 Å². The van der Waals surface area contributed by atoms with Gasteiger partial charge in [-0.3, -0.25) is 4.99 Å². The number of aliphatic imine (C=N–C) groups is 1. The third kappa shape index (κ3) is 4.41. The molecule has 2 N–H and O–H groups in total. The van der Waals surface area contributed by atoms with Gasteiger partial charge in [-0.25, -0.2) is 14.6 Å². The predicted octanol–water partition coefficient (Wildman–Crippen LogP) is 2.58. The van der Waals surface area contributed by atoms with Crippen LogP contribution in [-0.4, -0.2) is 39.3 Å². The minimum Gasteiger partial charge on any atom is -0.356 e. The number of thiazole rings is 1. The van der Waals surface area contributed by atoms with Crippen LogP contribution in [-0.2, 0) is 18.4 Å². The third-order valence-corrected chi connectivity index (χ3v) is 5.38. The average Bonchev–Trinajstić information content (AvgIpc) is 3.19. The minimum atomic E-state index is 0.106. The molecule has 0 bridgehead atoms. The van der Waals surface area contributed by atoms with E-state index in [9.17, 15) is 0 Å². The Balaban J connectivity index is 1.54. The number of hydrogen-bond acceptors (Lipinski definition) is 5. The van der Waals surface area contributed by atoms with Crippen LogP contribution < -0.4 is 10.6 Å². The van der Waals surface area contributed by atoms with Gasteiger partial charge in [0, 0.05) is 37.4 Å². The first-order chi connectivity index (χ1) is 12.4. The molecule has 2 aromatic heterocycles. The van der Waals surface area contributed by atoms with Crippen molar-refractivity contribution in [1.29, 1.82) is 0 Å². The van der Waals surface area contributed by atoms with Crippen molar-refractivity contribution in [2.24, 2.45) is 4.99 Å². The summed E-state index contributed by atoms with van der Waals surface area (Å²) in [5.41, 5.74) is 1.27. The Morgan fingerprint density at radius 1 is 1.38 bits per heavy atom. The molecule has 3 heterocycles. The number of aryl methyl sites for hydroxylation is 2. The average molecular weight is 376 g/mol. The van der Waals surface area contributed by atoms with Crippen molar-refractivity contribution in [3.8, 4) is 0 Å². The zero-order chi connectivity index (χ0) is 18.7. The van der Waals surface area contributed by atoms with Gasteiger partial charge in [-0.05, 0) is 19.8 Å². The lowest BCUT2D eigenvalue weighted by Crippen LogP contribution is -2.42. The fourth-order valence-electron chi connectivity index (χ4n) is 3.02. The smallest absolute Gasteiger partial charge is 0.191 e. The van der Waals surface area contributed by atoms with Crippen molar-refractivity contribution in [1.82, 2.24) is 30.4 Å². The number of rotatable bonds is 4. The van der Waals surface area contributed by atoms with Gasteiger partial charge >= 0.3 is 0 Å². The molecule has 1 atom stereocenters. The summed E-state index contributed by atoms with van der Waals surface area (Å²) in [5.74, 6) is 2.64. The molecule has 0 fully saturated rings. The van der Waals surface area contributed by atoms with E-state index >= 15 is 0 Å². The van der Waals surface area contributed by atoms with Crippen LogP contribution in [0.5, 0.6) is 0 Å². The number of nitrogens with zero attached hydrogens (tertiary/aromatic N) is 5. The number of fused-ring (bicyclic) bond motifs is 1. The molecule has 2 aromatic rings. The van der Waals surface area contributed by atoms with Crippen molar-refractivity contribution in [2.75, 3.05) is 13.6 Å². The number of guanidine groups is 1. The summed E-state index contributed by atoms with van der Waals surface area (Å²) in [6.45, 7) is 10.3. The van der Waals surface area contributed by atoms with E-state index in [2.05, 4.69) is 51.9 Å². The molecular formula is C18H29N7S. The number of nitrogens with one attached hydrogen (secondary N) is 2. The summed E-state index contributed by atoms with van der Waals surface area (Å²) in [6.07, 6.45) is 3.03. The van der Waals surface area contributed by atoms with E-state index in [1.54, 1.807) is 18.4 Å². The molecule has 1 aliphatic rings. The molecule has 0 aliphatic carbocycles. The summed E-state index contributed by atoms with van der Waals surface area (Å²) in [5, 5.41) is 14.7. The van der Waals surface area contributed by atoms with Crippen LogP contribution in [0.2, 0.25) is 0 Å². The lowest BCUT2D eigenvalue weighted by Gasteiger charge is -2.24. The fraction of sp³-hybridized carbons (Fsp3) is 0.667. The second kappa shape index (κ2) is 7.73. The maximum Gasteiger partial charge on any atom is 0.191 e. The van der Waals surface area contributed by atoms with Crippen molar-refractivity contribution in [3.05, 3.63) is 27.7 Å². The monoisotopic (exact) mass is 375 g/mol. The van der Waals surface area contributed by atoms with Gasteiger partial charge in [0.1, 0.15) is 11.6 Å². The summed E-state index contributed by atoms with van der Waals surface area (Å²) in [6, 6.07) is 0.156. The minimum absolute atomic E-state index is 0.106. The van der Waals surface area contributed by atoms with Gasteiger partial charge in [0.05, 0.1) is 16.7 Å². The summed E-state index contributed by atoms with van der Waals surface area (Å²) in [4.78, 5) is 13.7. The third-order valence-electron chi connectivity index (χ3n) is 4.47. The highest BCUT2D eigenvalue weighted by molar-refractivity contribution is 7.09. The zero-order valence-corrected chi connectivity index (χ0v) is 17.2. The SMILES string of the molecule is CN=C(NCCc1nc(C(C)(C)C)cs1)NC1CCCn2nc(C)nc21. The van der Waals surface area contributed by atoms with Gasteiger partial charge in [0.15, 0.2) is 5.96 Å². The van der Waals surface area contributed by atoms with Crippen molar-refractivity contribution in [2.45, 2.75) is 65.0 Å². The summed E-state index contributed by atoms with van der Waals surface area (Å²) < 4.78 is 2.01. The zero-order valence-electron chi connectivity index (χ0n) is 16.3. The first-order valence-electron chi connectivity index (χ1n) is 9.20. The van der Waals surface area contributed by atoms with Crippen LogP contribution in [0.3, 0.4) is 0 Å². The predicted molar refractivity (Wildman–Crippen MR) is 106 cm³/mol. The Bertz CT molecular complexity index is 769. The normalized spacial score (nSPS) is 17.9. The van der Waals surface area contributed by atoms with Gasteiger partial charge < -0.3 is 10.6 Å². The van der Waals surface area contributed by atoms with E-state index in [1.807, 2.05) is 11.6 Å². The molecule has 0 spiro atoms. The Labute approximate surface area is 159 Å². The second-order valence-corrected chi connectivity index (χ2v) is 8.65. The molecule has 0 aromatic carbocycles. The van der Waals surface area contributed by atoms with Crippen LogP contribution in [0.15, 0.2) is 10.4 Å². The van der Waals surface area contributed by atoms with Crippen LogP contribution in [0, 0.1) is 6.92 Å². The molecule has 26 heavy (non-hydrogen) atoms. The van der Waals surface area contributed by atoms with Crippen LogP contribution in [0.1, 0.15) is 62.0 Å². The molecule has 7 nitrogen and oxygen atoms in total. The Hall–Kier alpha value is -1.96. The van der Waals surface area contributed by atoms with E-state index in [1.165, 1.54) is 0 Å². The highest BCUT2D eigenvalue weighted by Crippen LogP contribution is 2.24. The fourth-order valence-corrected chi connectivity index (χ4v) is 4.05. The number of aromatic nitrogens is 4. The van der Waals surface area contributed by atoms with Gasteiger partial charge in [0.2, 0.25) is 0 Å². The molecule has 3 rings (SSSR count). The maximum atomic E-state index is 4.75. The quantitative estimate of drug-likeness (QED) is 0.634. The molecule has 1 unspecified atom stereocenters. The first-order valence-corrected chi connectivity index (χ1v) is 10.1. The van der Waals surface area contributed by atoms with Crippen LogP contribution >= 0.6 is 11.3 Å². The van der Waals surface area contributed by atoms with E-state index in [0.717, 1.165) is 60.7 Å². The second-order valence-electron chi connectivity index (χ2n) is 7.70. The molecule has 1 aliphatic heterocycles. The van der Waals surface area contributed by atoms with Crippen molar-refractivity contribution < 1.29 is 0 Å². The Kier molecular flexibility index (Phi) is 5.60. The molecule has 142 valence electrons. The molecule has 8 heteroatoms. The number of hydrogen-bond donors (Lipinski definition) is 2. The van der Waals surface area contributed by atoms with Crippen molar-refractivity contribution in [3.63, 3.8) is 0 Å². The van der Waals surface area contributed by atoms with E-state index < -0.39 is 0 Å². The van der Waals surface area contributed by atoms with E-state index in [-0.39, 0.29) is 11.5 Å². The van der Waals surface area contributed by atoms with E-state index in [4.69, 9.17) is 4.98 Å². The highest BCUT2D eigenvalue weighted by atomic mass is 32.1. The largest absolute Gasteiger partial charge is 0.356 e. The lowest BCUT2D eigenvalue weighted by molar-refractivity contribution is 0.398. The van der Waals surface area contributed by atoms with Gasteiger partial charge in [-0.15, -0.1) is 11.3 Å². The lowest BCUT2D eigenvalue weighted by atomic mass is 9.93. The molecule has 0 saturated heterocycles. The molecule has 0 radical (unpaired) electrons.